The Hall–Kier alpha value is -1.42. The second-order valence-electron chi connectivity index (χ2n) is 4.27. The lowest BCUT2D eigenvalue weighted by molar-refractivity contribution is -0.140. The van der Waals surface area contributed by atoms with Gasteiger partial charge in [0.2, 0.25) is 0 Å². The zero-order valence-electron chi connectivity index (χ0n) is 10.3. The minimum atomic E-state index is -1.06. The highest BCUT2D eigenvalue weighted by molar-refractivity contribution is 5.75. The molecule has 0 aliphatic rings. The lowest BCUT2D eigenvalue weighted by atomic mass is 10.0. The summed E-state index contributed by atoms with van der Waals surface area (Å²) in [5.41, 5.74) is 1.04. The smallest absolute Gasteiger partial charge is 0.325 e. The second kappa shape index (κ2) is 5.77. The van der Waals surface area contributed by atoms with E-state index in [-0.39, 0.29) is 11.6 Å². The van der Waals surface area contributed by atoms with Crippen molar-refractivity contribution in [1.82, 2.24) is 5.32 Å². The third-order valence-corrected chi connectivity index (χ3v) is 2.77. The molecule has 0 amide bonds. The van der Waals surface area contributed by atoms with Crippen LogP contribution >= 0.6 is 0 Å². The highest BCUT2D eigenvalue weighted by Crippen LogP contribution is 2.20. The molecule has 0 saturated carbocycles. The summed E-state index contributed by atoms with van der Waals surface area (Å²) in [5, 5.41) is 12.1. The first-order valence-electron chi connectivity index (χ1n) is 5.70. The summed E-state index contributed by atoms with van der Waals surface area (Å²) in [6, 6.07) is 3.53. The van der Waals surface area contributed by atoms with Gasteiger partial charge in [-0.15, -0.1) is 0 Å². The monoisotopic (exact) mass is 239 g/mol. The minimum absolute atomic E-state index is 0.0241. The van der Waals surface area contributed by atoms with Crippen molar-refractivity contribution in [3.8, 4) is 0 Å². The average molecular weight is 239 g/mol. The maximum absolute atomic E-state index is 13.6. The standard InChI is InChI=1S/C13H18FNO2/c1-4-9(3)15-12(13(16)17)10-7-8(2)5-6-11(10)14/h5-7,9,12,15H,4H2,1-3H3,(H,16,17). The van der Waals surface area contributed by atoms with E-state index in [0.717, 1.165) is 12.0 Å². The van der Waals surface area contributed by atoms with Gasteiger partial charge in [-0.3, -0.25) is 10.1 Å². The molecule has 1 rings (SSSR count). The van der Waals surface area contributed by atoms with Crippen LogP contribution in [-0.4, -0.2) is 17.1 Å². The van der Waals surface area contributed by atoms with Gasteiger partial charge < -0.3 is 5.11 Å². The van der Waals surface area contributed by atoms with Crippen molar-refractivity contribution in [2.45, 2.75) is 39.3 Å². The van der Waals surface area contributed by atoms with E-state index in [1.165, 1.54) is 6.07 Å². The molecule has 0 fully saturated rings. The second-order valence-corrected chi connectivity index (χ2v) is 4.27. The van der Waals surface area contributed by atoms with Crippen LogP contribution < -0.4 is 5.32 Å². The highest BCUT2D eigenvalue weighted by atomic mass is 19.1. The van der Waals surface area contributed by atoms with Crippen LogP contribution in [0.3, 0.4) is 0 Å². The Morgan fingerprint density at radius 3 is 2.71 bits per heavy atom. The van der Waals surface area contributed by atoms with Gasteiger partial charge in [0, 0.05) is 11.6 Å². The van der Waals surface area contributed by atoms with Gasteiger partial charge in [-0.1, -0.05) is 24.6 Å². The van der Waals surface area contributed by atoms with E-state index in [2.05, 4.69) is 5.32 Å². The maximum Gasteiger partial charge on any atom is 0.325 e. The number of nitrogens with one attached hydrogen (secondary N) is 1. The van der Waals surface area contributed by atoms with Crippen molar-refractivity contribution in [3.05, 3.63) is 35.1 Å². The van der Waals surface area contributed by atoms with Gasteiger partial charge in [-0.05, 0) is 26.3 Å². The highest BCUT2D eigenvalue weighted by Gasteiger charge is 2.24. The van der Waals surface area contributed by atoms with E-state index in [4.69, 9.17) is 5.11 Å². The predicted molar refractivity (Wildman–Crippen MR) is 64.4 cm³/mol. The van der Waals surface area contributed by atoms with E-state index >= 15 is 0 Å². The van der Waals surface area contributed by atoms with Crippen LogP contribution in [-0.2, 0) is 4.79 Å². The quantitative estimate of drug-likeness (QED) is 0.830. The largest absolute Gasteiger partial charge is 0.480 e. The molecular weight excluding hydrogens is 221 g/mol. The Morgan fingerprint density at radius 1 is 1.53 bits per heavy atom. The zero-order valence-corrected chi connectivity index (χ0v) is 10.3. The first kappa shape index (κ1) is 13.6. The van der Waals surface area contributed by atoms with Crippen LogP contribution in [0.25, 0.3) is 0 Å². The molecule has 0 heterocycles. The number of hydrogen-bond donors (Lipinski definition) is 2. The molecule has 17 heavy (non-hydrogen) atoms. The predicted octanol–water partition coefficient (Wildman–Crippen LogP) is 2.65. The van der Waals surface area contributed by atoms with Crippen molar-refractivity contribution in [2.24, 2.45) is 0 Å². The number of aliphatic carboxylic acids is 1. The van der Waals surface area contributed by atoms with Gasteiger partial charge in [-0.2, -0.15) is 0 Å². The number of hydrogen-bond acceptors (Lipinski definition) is 2. The molecule has 0 spiro atoms. The molecule has 1 aromatic carbocycles. The van der Waals surface area contributed by atoms with Crippen molar-refractivity contribution in [1.29, 1.82) is 0 Å². The fraction of sp³-hybridized carbons (Fsp3) is 0.462. The van der Waals surface area contributed by atoms with Crippen molar-refractivity contribution >= 4 is 5.97 Å². The Kier molecular flexibility index (Phi) is 4.63. The molecule has 94 valence electrons. The fourth-order valence-electron chi connectivity index (χ4n) is 1.58. The van der Waals surface area contributed by atoms with Crippen molar-refractivity contribution in [2.75, 3.05) is 0 Å². The summed E-state index contributed by atoms with van der Waals surface area (Å²) in [5.74, 6) is -1.55. The van der Waals surface area contributed by atoms with E-state index in [1.807, 2.05) is 20.8 Å². The van der Waals surface area contributed by atoms with Crippen molar-refractivity contribution in [3.63, 3.8) is 0 Å². The number of aryl methyl sites for hydroxylation is 1. The normalized spacial score (nSPS) is 14.4. The lowest BCUT2D eigenvalue weighted by Crippen LogP contribution is -2.35. The Labute approximate surface area is 101 Å². The first-order valence-corrected chi connectivity index (χ1v) is 5.70. The molecule has 0 radical (unpaired) electrons. The molecule has 0 aliphatic carbocycles. The van der Waals surface area contributed by atoms with E-state index in [0.29, 0.717) is 0 Å². The Morgan fingerprint density at radius 2 is 2.18 bits per heavy atom. The molecule has 0 saturated heterocycles. The zero-order chi connectivity index (χ0) is 13.0. The first-order chi connectivity index (χ1) is 7.95. The molecule has 2 unspecified atom stereocenters. The Bertz CT molecular complexity index is 406. The molecule has 4 heteroatoms. The van der Waals surface area contributed by atoms with Crippen LogP contribution in [0.1, 0.15) is 37.4 Å². The summed E-state index contributed by atoms with van der Waals surface area (Å²) in [7, 11) is 0. The Balaban J connectivity index is 3.05. The third-order valence-electron chi connectivity index (χ3n) is 2.77. The number of rotatable bonds is 5. The summed E-state index contributed by atoms with van der Waals surface area (Å²) in [6.45, 7) is 5.64. The fourth-order valence-corrected chi connectivity index (χ4v) is 1.58. The molecule has 0 aliphatic heterocycles. The van der Waals surface area contributed by atoms with E-state index < -0.39 is 17.8 Å². The molecular formula is C13H18FNO2. The van der Waals surface area contributed by atoms with Gasteiger partial charge in [0.1, 0.15) is 11.9 Å². The van der Waals surface area contributed by atoms with Gasteiger partial charge in [0.15, 0.2) is 0 Å². The molecule has 1 aromatic rings. The topological polar surface area (TPSA) is 49.3 Å². The van der Waals surface area contributed by atoms with Gasteiger partial charge in [-0.25, -0.2) is 4.39 Å². The summed E-state index contributed by atoms with van der Waals surface area (Å²) in [6.07, 6.45) is 0.789. The van der Waals surface area contributed by atoms with E-state index in [1.54, 1.807) is 12.1 Å². The molecule has 2 N–H and O–H groups in total. The average Bonchev–Trinajstić information content (AvgIpc) is 2.28. The number of halogens is 1. The number of carboxylic acid groups (broad SMARTS) is 1. The minimum Gasteiger partial charge on any atom is -0.480 e. The number of benzene rings is 1. The summed E-state index contributed by atoms with van der Waals surface area (Å²) >= 11 is 0. The van der Waals surface area contributed by atoms with Crippen molar-refractivity contribution < 1.29 is 14.3 Å². The van der Waals surface area contributed by atoms with Gasteiger partial charge in [0.05, 0.1) is 0 Å². The SMILES string of the molecule is CCC(C)NC(C(=O)O)c1cc(C)ccc1F. The summed E-state index contributed by atoms with van der Waals surface area (Å²) < 4.78 is 13.6. The molecule has 3 nitrogen and oxygen atoms in total. The molecule has 0 bridgehead atoms. The maximum atomic E-state index is 13.6. The molecule has 0 aromatic heterocycles. The van der Waals surface area contributed by atoms with Crippen LogP contribution in [0.15, 0.2) is 18.2 Å². The number of carbonyl (C=O) groups is 1. The van der Waals surface area contributed by atoms with E-state index in [9.17, 15) is 9.18 Å². The summed E-state index contributed by atoms with van der Waals surface area (Å²) in [4.78, 5) is 11.2. The van der Waals surface area contributed by atoms with Crippen LogP contribution in [0, 0.1) is 12.7 Å². The van der Waals surface area contributed by atoms with Gasteiger partial charge >= 0.3 is 5.97 Å². The third kappa shape index (κ3) is 3.53. The van der Waals surface area contributed by atoms with Crippen LogP contribution in [0.5, 0.6) is 0 Å². The number of carboxylic acids is 1. The van der Waals surface area contributed by atoms with Gasteiger partial charge in [0.25, 0.3) is 0 Å². The molecule has 2 atom stereocenters. The van der Waals surface area contributed by atoms with Crippen LogP contribution in [0.4, 0.5) is 4.39 Å². The lowest BCUT2D eigenvalue weighted by Gasteiger charge is -2.20. The van der Waals surface area contributed by atoms with Crippen LogP contribution in [0.2, 0.25) is 0 Å².